The molecule has 1 fully saturated rings. The molecular formula is C11H18N4. The molecule has 1 heterocycles. The lowest BCUT2D eigenvalue weighted by atomic mass is 9.89. The Morgan fingerprint density at radius 1 is 1.40 bits per heavy atom. The first-order valence-electron chi connectivity index (χ1n) is 5.38. The van der Waals surface area contributed by atoms with Crippen LogP contribution in [-0.4, -0.2) is 16.5 Å². The third kappa shape index (κ3) is 2.09. The van der Waals surface area contributed by atoms with Crippen LogP contribution >= 0.6 is 0 Å². The van der Waals surface area contributed by atoms with E-state index in [1.807, 2.05) is 6.07 Å². The number of hydrogen-bond donors (Lipinski definition) is 2. The summed E-state index contributed by atoms with van der Waals surface area (Å²) >= 11 is 0. The second-order valence-corrected chi connectivity index (χ2v) is 4.90. The highest BCUT2D eigenvalue weighted by Gasteiger charge is 2.29. The summed E-state index contributed by atoms with van der Waals surface area (Å²) in [5.41, 5.74) is 12.3. The molecule has 1 aliphatic carbocycles. The molecule has 4 nitrogen and oxygen atoms in total. The number of nitrogen functional groups attached to an aromatic ring is 1. The van der Waals surface area contributed by atoms with Gasteiger partial charge in [0.25, 0.3) is 0 Å². The summed E-state index contributed by atoms with van der Waals surface area (Å²) in [6.45, 7) is 4.71. The number of anilines is 1. The minimum absolute atomic E-state index is 0.124. The fourth-order valence-electron chi connectivity index (χ4n) is 1.46. The van der Waals surface area contributed by atoms with Crippen molar-refractivity contribution in [2.45, 2.75) is 38.0 Å². The van der Waals surface area contributed by atoms with Crippen LogP contribution in [0.3, 0.4) is 0 Å². The highest BCUT2D eigenvalue weighted by atomic mass is 15.0. The van der Waals surface area contributed by atoms with Gasteiger partial charge in [0, 0.05) is 23.9 Å². The summed E-state index contributed by atoms with van der Waals surface area (Å²) < 4.78 is 0. The molecule has 1 aromatic heterocycles. The van der Waals surface area contributed by atoms with E-state index in [4.69, 9.17) is 11.5 Å². The molecule has 4 N–H and O–H groups in total. The summed E-state index contributed by atoms with van der Waals surface area (Å²) in [5, 5.41) is 0. The molecule has 0 bridgehead atoms. The molecule has 82 valence electrons. The van der Waals surface area contributed by atoms with Gasteiger partial charge < -0.3 is 11.5 Å². The molecule has 2 rings (SSSR count). The highest BCUT2D eigenvalue weighted by molar-refractivity contribution is 5.34. The average molecular weight is 206 g/mol. The van der Waals surface area contributed by atoms with Gasteiger partial charge in [-0.05, 0) is 12.8 Å². The first-order valence-corrected chi connectivity index (χ1v) is 5.38. The van der Waals surface area contributed by atoms with Gasteiger partial charge in [0.15, 0.2) is 0 Å². The Morgan fingerprint density at radius 3 is 2.60 bits per heavy atom. The number of hydrogen-bond acceptors (Lipinski definition) is 4. The fraction of sp³-hybridized carbons (Fsp3) is 0.636. The van der Waals surface area contributed by atoms with Crippen LogP contribution in [0, 0.1) is 0 Å². The van der Waals surface area contributed by atoms with Gasteiger partial charge in [0.2, 0.25) is 0 Å². The summed E-state index contributed by atoms with van der Waals surface area (Å²) in [6, 6.07) is 1.83. The van der Waals surface area contributed by atoms with Crippen LogP contribution in [0.15, 0.2) is 6.07 Å². The molecular weight excluding hydrogens is 188 g/mol. The number of nitrogens with zero attached hydrogens (tertiary/aromatic N) is 2. The maximum absolute atomic E-state index is 5.78. The van der Waals surface area contributed by atoms with Gasteiger partial charge in [-0.2, -0.15) is 0 Å². The van der Waals surface area contributed by atoms with E-state index in [0.29, 0.717) is 18.3 Å². The van der Waals surface area contributed by atoms with E-state index in [-0.39, 0.29) is 5.41 Å². The molecule has 4 heteroatoms. The third-order valence-electron chi connectivity index (χ3n) is 2.91. The maximum atomic E-state index is 5.78. The molecule has 1 saturated carbocycles. The predicted molar refractivity (Wildman–Crippen MR) is 60.5 cm³/mol. The van der Waals surface area contributed by atoms with Crippen LogP contribution in [0.4, 0.5) is 5.82 Å². The van der Waals surface area contributed by atoms with Crippen LogP contribution in [0.5, 0.6) is 0 Å². The van der Waals surface area contributed by atoms with E-state index in [9.17, 15) is 0 Å². The van der Waals surface area contributed by atoms with Gasteiger partial charge in [0.05, 0.1) is 5.69 Å². The molecule has 1 aromatic rings. The number of aromatic nitrogens is 2. The van der Waals surface area contributed by atoms with E-state index < -0.39 is 0 Å². The predicted octanol–water partition coefficient (Wildman–Crippen LogP) is 1.17. The normalized spacial score (nSPS) is 16.7. The van der Waals surface area contributed by atoms with E-state index in [0.717, 1.165) is 11.5 Å². The van der Waals surface area contributed by atoms with Crippen LogP contribution in [0.2, 0.25) is 0 Å². The van der Waals surface area contributed by atoms with Crippen molar-refractivity contribution >= 4 is 5.82 Å². The van der Waals surface area contributed by atoms with Crippen LogP contribution in [0.25, 0.3) is 0 Å². The van der Waals surface area contributed by atoms with E-state index >= 15 is 0 Å². The molecule has 0 amide bonds. The zero-order valence-electron chi connectivity index (χ0n) is 9.33. The smallest absolute Gasteiger partial charge is 0.134 e. The third-order valence-corrected chi connectivity index (χ3v) is 2.91. The van der Waals surface area contributed by atoms with Crippen molar-refractivity contribution in [1.82, 2.24) is 9.97 Å². The molecule has 1 aliphatic rings. The lowest BCUT2D eigenvalue weighted by Gasteiger charge is -2.22. The van der Waals surface area contributed by atoms with Crippen molar-refractivity contribution in [3.63, 3.8) is 0 Å². The van der Waals surface area contributed by atoms with Crippen molar-refractivity contribution in [3.8, 4) is 0 Å². The minimum atomic E-state index is -0.124. The standard InChI is InChI=1S/C11H18N4/c1-11(2,6-12)8-5-9(13)15-10(14-8)7-3-4-7/h5,7H,3-4,6,12H2,1-2H3,(H2,13,14,15). The lowest BCUT2D eigenvalue weighted by Crippen LogP contribution is -2.29. The van der Waals surface area contributed by atoms with Crippen LogP contribution in [0.1, 0.15) is 44.1 Å². The first kappa shape index (κ1) is 10.4. The molecule has 0 aliphatic heterocycles. The Kier molecular flexibility index (Phi) is 2.38. The molecule has 0 unspecified atom stereocenters. The van der Waals surface area contributed by atoms with Gasteiger partial charge in [-0.15, -0.1) is 0 Å². The van der Waals surface area contributed by atoms with E-state index in [1.165, 1.54) is 12.8 Å². The average Bonchev–Trinajstić information content (AvgIpc) is 3.00. The Labute approximate surface area is 90.1 Å². The van der Waals surface area contributed by atoms with Gasteiger partial charge in [-0.3, -0.25) is 0 Å². The van der Waals surface area contributed by atoms with Crippen molar-refractivity contribution in [2.75, 3.05) is 12.3 Å². The second kappa shape index (κ2) is 3.45. The van der Waals surface area contributed by atoms with Crippen molar-refractivity contribution in [1.29, 1.82) is 0 Å². The molecule has 0 saturated heterocycles. The zero-order chi connectivity index (χ0) is 11.1. The molecule has 0 radical (unpaired) electrons. The largest absolute Gasteiger partial charge is 0.384 e. The molecule has 0 spiro atoms. The molecule has 0 atom stereocenters. The van der Waals surface area contributed by atoms with Crippen LogP contribution in [-0.2, 0) is 5.41 Å². The summed E-state index contributed by atoms with van der Waals surface area (Å²) in [5.74, 6) is 1.98. The van der Waals surface area contributed by atoms with Crippen molar-refractivity contribution in [2.24, 2.45) is 5.73 Å². The van der Waals surface area contributed by atoms with E-state index in [1.54, 1.807) is 0 Å². The Bertz CT molecular complexity index is 369. The van der Waals surface area contributed by atoms with E-state index in [2.05, 4.69) is 23.8 Å². The topological polar surface area (TPSA) is 77.8 Å². The SMILES string of the molecule is CC(C)(CN)c1cc(N)nc(C2CC2)n1. The van der Waals surface area contributed by atoms with Gasteiger partial charge >= 0.3 is 0 Å². The minimum Gasteiger partial charge on any atom is -0.384 e. The summed E-state index contributed by atoms with van der Waals surface area (Å²) in [4.78, 5) is 8.84. The van der Waals surface area contributed by atoms with Gasteiger partial charge in [-0.1, -0.05) is 13.8 Å². The Hall–Kier alpha value is -1.16. The fourth-order valence-corrected chi connectivity index (χ4v) is 1.46. The highest BCUT2D eigenvalue weighted by Crippen LogP contribution is 2.38. The number of rotatable bonds is 3. The maximum Gasteiger partial charge on any atom is 0.134 e. The molecule has 0 aromatic carbocycles. The zero-order valence-corrected chi connectivity index (χ0v) is 9.33. The summed E-state index contributed by atoms with van der Waals surface area (Å²) in [7, 11) is 0. The Balaban J connectivity index is 2.38. The first-order chi connectivity index (χ1) is 7.03. The van der Waals surface area contributed by atoms with Crippen molar-refractivity contribution < 1.29 is 0 Å². The lowest BCUT2D eigenvalue weighted by molar-refractivity contribution is 0.517. The van der Waals surface area contributed by atoms with Gasteiger partial charge in [-0.25, -0.2) is 9.97 Å². The summed E-state index contributed by atoms with van der Waals surface area (Å²) in [6.07, 6.45) is 2.37. The van der Waals surface area contributed by atoms with Gasteiger partial charge in [0.1, 0.15) is 11.6 Å². The van der Waals surface area contributed by atoms with Crippen molar-refractivity contribution in [3.05, 3.63) is 17.6 Å². The van der Waals surface area contributed by atoms with Crippen LogP contribution < -0.4 is 11.5 Å². The quantitative estimate of drug-likeness (QED) is 0.778. The number of nitrogens with two attached hydrogens (primary N) is 2. The molecule has 15 heavy (non-hydrogen) atoms. The monoisotopic (exact) mass is 206 g/mol. The Morgan fingerprint density at radius 2 is 2.07 bits per heavy atom. The second-order valence-electron chi connectivity index (χ2n) is 4.90.